The predicted octanol–water partition coefficient (Wildman–Crippen LogP) is 3.30. The van der Waals surface area contributed by atoms with Crippen molar-refractivity contribution in [3.63, 3.8) is 0 Å². The maximum Gasteiger partial charge on any atom is 0.457 e. The second kappa shape index (κ2) is 5.18. The third-order valence-corrected chi connectivity index (χ3v) is 1.87. The maximum atomic E-state index is 13.0. The van der Waals surface area contributed by atoms with Crippen molar-refractivity contribution in [2.45, 2.75) is 30.4 Å². The summed E-state index contributed by atoms with van der Waals surface area (Å²) >= 11 is 0. The monoisotopic (exact) mass is 328 g/mol. The highest BCUT2D eigenvalue weighted by molar-refractivity contribution is 4.88. The topological polar surface area (TPSA) is 27.7 Å². The van der Waals surface area contributed by atoms with Crippen molar-refractivity contribution >= 4 is 0 Å². The lowest BCUT2D eigenvalue weighted by atomic mass is 10.2. The highest BCUT2D eigenvalue weighted by Gasteiger charge is 2.78. The van der Waals surface area contributed by atoms with E-state index in [1.54, 1.807) is 0 Å². The second-order valence-corrected chi connectivity index (χ2v) is 3.15. The van der Waals surface area contributed by atoms with Gasteiger partial charge < -0.3 is 9.47 Å². The third kappa shape index (κ3) is 3.09. The lowest BCUT2D eigenvalue weighted by Gasteiger charge is -2.35. The number of halogens is 10. The van der Waals surface area contributed by atoms with Gasteiger partial charge in [0, 0.05) is 14.2 Å². The summed E-state index contributed by atoms with van der Waals surface area (Å²) in [4.78, 5) is 0. The van der Waals surface area contributed by atoms with Crippen LogP contribution in [-0.4, -0.2) is 44.6 Å². The Morgan fingerprint density at radius 2 is 0.950 bits per heavy atom. The number of methoxy groups -OCH3 is 2. The van der Waals surface area contributed by atoms with Crippen LogP contribution >= 0.6 is 0 Å². The fraction of sp³-hybridized carbons (Fsp3) is 1.00. The summed E-state index contributed by atoms with van der Waals surface area (Å²) in [5, 5.41) is 0. The van der Waals surface area contributed by atoms with Crippen molar-refractivity contribution in [1.29, 1.82) is 0 Å². The minimum Gasteiger partial charge on any atom is -0.335 e. The molecule has 0 aromatic rings. The van der Waals surface area contributed by atoms with Gasteiger partial charge in [0.15, 0.2) is 0 Å². The van der Waals surface area contributed by atoms with Crippen molar-refractivity contribution in [2.75, 3.05) is 14.2 Å². The van der Waals surface area contributed by atoms with E-state index in [0.717, 1.165) is 0 Å². The third-order valence-electron chi connectivity index (χ3n) is 1.87. The van der Waals surface area contributed by atoms with Gasteiger partial charge in [-0.25, -0.2) is 4.74 Å². The van der Waals surface area contributed by atoms with Gasteiger partial charge in [0.05, 0.1) is 0 Å². The van der Waals surface area contributed by atoms with Gasteiger partial charge in [0.1, 0.15) is 0 Å². The van der Waals surface area contributed by atoms with E-state index in [1.807, 2.05) is 4.74 Å². The summed E-state index contributed by atoms with van der Waals surface area (Å²) in [7, 11) is -0.324. The SMILES string of the molecule is COC(F)(F)C(F)(F)OC(F)(F)C(F)(OC)C(F)(F)F. The van der Waals surface area contributed by atoms with E-state index >= 15 is 0 Å². The summed E-state index contributed by atoms with van der Waals surface area (Å²) in [6.07, 6.45) is -25.1. The van der Waals surface area contributed by atoms with E-state index < -0.39 is 30.4 Å². The van der Waals surface area contributed by atoms with Gasteiger partial charge in [-0.3, -0.25) is 0 Å². The average Bonchev–Trinajstić information content (AvgIpc) is 2.24. The van der Waals surface area contributed by atoms with Crippen LogP contribution in [0.5, 0.6) is 0 Å². The largest absolute Gasteiger partial charge is 0.457 e. The highest BCUT2D eigenvalue weighted by Crippen LogP contribution is 2.50. The Morgan fingerprint density at radius 3 is 1.20 bits per heavy atom. The fourth-order valence-corrected chi connectivity index (χ4v) is 0.804. The zero-order chi connectivity index (χ0) is 16.6. The Kier molecular flexibility index (Phi) is 4.97. The summed E-state index contributed by atoms with van der Waals surface area (Å²) in [5.41, 5.74) is 0. The molecule has 0 rings (SSSR count). The molecule has 0 saturated carbocycles. The first-order chi connectivity index (χ1) is 8.58. The van der Waals surface area contributed by atoms with Gasteiger partial charge in [-0.2, -0.15) is 43.9 Å². The quantitative estimate of drug-likeness (QED) is 0.700. The first kappa shape index (κ1) is 19.2. The Labute approximate surface area is 104 Å². The Hall–Kier alpha value is -0.820. The molecular formula is C7H6F10O3. The Morgan fingerprint density at radius 1 is 0.550 bits per heavy atom. The minimum absolute atomic E-state index is 0.0712. The van der Waals surface area contributed by atoms with Crippen LogP contribution in [0.25, 0.3) is 0 Å². The maximum absolute atomic E-state index is 13.0. The smallest absolute Gasteiger partial charge is 0.335 e. The van der Waals surface area contributed by atoms with Crippen LogP contribution in [0.2, 0.25) is 0 Å². The van der Waals surface area contributed by atoms with Gasteiger partial charge in [0.2, 0.25) is 0 Å². The molecule has 0 spiro atoms. The van der Waals surface area contributed by atoms with Crippen LogP contribution in [0.4, 0.5) is 43.9 Å². The number of rotatable bonds is 6. The van der Waals surface area contributed by atoms with Crippen LogP contribution in [0.1, 0.15) is 0 Å². The van der Waals surface area contributed by atoms with Crippen LogP contribution in [0.15, 0.2) is 0 Å². The van der Waals surface area contributed by atoms with Crippen LogP contribution < -0.4 is 0 Å². The second-order valence-electron chi connectivity index (χ2n) is 3.15. The molecule has 1 unspecified atom stereocenters. The number of hydrogen-bond acceptors (Lipinski definition) is 3. The molecule has 0 aromatic carbocycles. The fourth-order valence-electron chi connectivity index (χ4n) is 0.804. The number of hydrogen-bond donors (Lipinski definition) is 0. The zero-order valence-electron chi connectivity index (χ0n) is 9.50. The molecule has 0 heterocycles. The molecule has 0 radical (unpaired) electrons. The lowest BCUT2D eigenvalue weighted by molar-refractivity contribution is -0.531. The van der Waals surface area contributed by atoms with E-state index in [0.29, 0.717) is 0 Å². The van der Waals surface area contributed by atoms with Gasteiger partial charge in [-0.15, -0.1) is 0 Å². The standard InChI is InChI=1S/C7H6F10O3/c1-18-3(8,4(9,10)11)5(12,13)20-7(16,17)6(14,15)19-2/h1-2H3. The van der Waals surface area contributed by atoms with E-state index in [9.17, 15) is 43.9 Å². The van der Waals surface area contributed by atoms with Crippen LogP contribution in [0.3, 0.4) is 0 Å². The normalized spacial score (nSPS) is 18.0. The Balaban J connectivity index is 5.56. The molecule has 0 aliphatic rings. The summed E-state index contributed by atoms with van der Waals surface area (Å²) in [5.74, 6) is -6.08. The van der Waals surface area contributed by atoms with Crippen molar-refractivity contribution < 1.29 is 58.1 Å². The number of ether oxygens (including phenoxy) is 3. The van der Waals surface area contributed by atoms with Crippen molar-refractivity contribution in [3.05, 3.63) is 0 Å². The molecule has 0 aliphatic heterocycles. The van der Waals surface area contributed by atoms with Gasteiger partial charge in [0.25, 0.3) is 0 Å². The molecule has 0 N–H and O–H groups in total. The van der Waals surface area contributed by atoms with Crippen LogP contribution in [0, 0.1) is 0 Å². The van der Waals surface area contributed by atoms with Gasteiger partial charge in [-0.05, 0) is 0 Å². The lowest BCUT2D eigenvalue weighted by Crippen LogP contribution is -2.62. The molecule has 0 saturated heterocycles. The summed E-state index contributed by atoms with van der Waals surface area (Å²) in [6.45, 7) is 0. The van der Waals surface area contributed by atoms with E-state index in [-0.39, 0.29) is 14.2 Å². The van der Waals surface area contributed by atoms with Crippen LogP contribution in [-0.2, 0) is 14.2 Å². The molecule has 0 bridgehead atoms. The van der Waals surface area contributed by atoms with Gasteiger partial charge in [-0.1, -0.05) is 0 Å². The first-order valence-electron chi connectivity index (χ1n) is 4.27. The van der Waals surface area contributed by atoms with Gasteiger partial charge >= 0.3 is 30.4 Å². The highest BCUT2D eigenvalue weighted by atomic mass is 19.4. The molecule has 0 amide bonds. The zero-order valence-corrected chi connectivity index (χ0v) is 9.50. The van der Waals surface area contributed by atoms with E-state index in [4.69, 9.17) is 0 Å². The minimum atomic E-state index is -6.55. The molecule has 0 fully saturated rings. The van der Waals surface area contributed by atoms with E-state index in [2.05, 4.69) is 9.47 Å². The van der Waals surface area contributed by atoms with Crippen molar-refractivity contribution in [1.82, 2.24) is 0 Å². The summed E-state index contributed by atoms with van der Waals surface area (Å²) in [6, 6.07) is 0. The Bertz CT molecular complexity index is 340. The van der Waals surface area contributed by atoms with Crippen molar-refractivity contribution in [3.8, 4) is 0 Å². The molecule has 1 atom stereocenters. The average molecular weight is 328 g/mol. The molecular weight excluding hydrogens is 322 g/mol. The molecule has 122 valence electrons. The molecule has 0 aromatic heterocycles. The molecule has 3 nitrogen and oxygen atoms in total. The predicted molar refractivity (Wildman–Crippen MR) is 39.8 cm³/mol. The number of alkyl halides is 10. The molecule has 0 aliphatic carbocycles. The summed E-state index contributed by atoms with van der Waals surface area (Å²) < 4.78 is 132. The van der Waals surface area contributed by atoms with E-state index in [1.165, 1.54) is 0 Å². The molecule has 13 heteroatoms. The van der Waals surface area contributed by atoms with Crippen molar-refractivity contribution in [2.24, 2.45) is 0 Å². The molecule has 20 heavy (non-hydrogen) atoms. The first-order valence-corrected chi connectivity index (χ1v) is 4.27.